The van der Waals surface area contributed by atoms with E-state index in [0.717, 1.165) is 0 Å². The molecule has 1 unspecified atom stereocenters. The second-order valence-electron chi connectivity index (χ2n) is 2.96. The van der Waals surface area contributed by atoms with Gasteiger partial charge in [0.15, 0.2) is 0 Å². The van der Waals surface area contributed by atoms with Crippen molar-refractivity contribution in [2.45, 2.75) is 12.7 Å². The third-order valence-corrected chi connectivity index (χ3v) is 2.25. The molecule has 72 valence electrons. The molecule has 0 aliphatic heterocycles. The van der Waals surface area contributed by atoms with Gasteiger partial charge in [-0.25, -0.2) is 0 Å². The zero-order valence-electron chi connectivity index (χ0n) is 8.11. The molecule has 0 fully saturated rings. The minimum Gasteiger partial charge on any atom is -0.349 e. The van der Waals surface area contributed by atoms with Crippen LogP contribution < -0.4 is 0 Å². The van der Waals surface area contributed by atoms with Gasteiger partial charge in [-0.05, 0) is 13.0 Å². The van der Waals surface area contributed by atoms with Gasteiger partial charge in [0.1, 0.15) is 5.78 Å². The first kappa shape index (κ1) is 10.2. The molecule has 0 heterocycles. The van der Waals surface area contributed by atoms with E-state index in [1.165, 1.54) is 21.1 Å². The molecule has 0 saturated heterocycles. The molecule has 1 rings (SSSR count). The molecule has 0 aromatic carbocycles. The van der Waals surface area contributed by atoms with Crippen LogP contribution in [0.2, 0.25) is 0 Å². The normalized spacial score (nSPS) is 24.7. The highest BCUT2D eigenvalue weighted by Gasteiger charge is 2.39. The van der Waals surface area contributed by atoms with Gasteiger partial charge >= 0.3 is 0 Å². The molecule has 0 radical (unpaired) electrons. The molecular weight excluding hydrogens is 168 g/mol. The van der Waals surface area contributed by atoms with E-state index in [-0.39, 0.29) is 11.7 Å². The van der Waals surface area contributed by atoms with Crippen LogP contribution in [0.25, 0.3) is 0 Å². The van der Waals surface area contributed by atoms with E-state index in [1.807, 2.05) is 12.2 Å². The van der Waals surface area contributed by atoms with E-state index < -0.39 is 5.79 Å². The van der Waals surface area contributed by atoms with E-state index >= 15 is 0 Å². The molecular formula is C10H14O3. The van der Waals surface area contributed by atoms with Crippen molar-refractivity contribution >= 4 is 5.78 Å². The summed E-state index contributed by atoms with van der Waals surface area (Å²) in [5, 5.41) is 0. The van der Waals surface area contributed by atoms with Crippen LogP contribution in [-0.4, -0.2) is 25.8 Å². The van der Waals surface area contributed by atoms with Crippen LogP contribution in [0.4, 0.5) is 0 Å². The van der Waals surface area contributed by atoms with E-state index in [1.54, 1.807) is 12.2 Å². The van der Waals surface area contributed by atoms with Gasteiger partial charge in [0.05, 0.1) is 5.92 Å². The maximum atomic E-state index is 11.3. The molecule has 0 saturated carbocycles. The van der Waals surface area contributed by atoms with Crippen molar-refractivity contribution in [2.75, 3.05) is 14.2 Å². The lowest BCUT2D eigenvalue weighted by Crippen LogP contribution is -2.43. The van der Waals surface area contributed by atoms with Crippen LogP contribution in [-0.2, 0) is 14.3 Å². The van der Waals surface area contributed by atoms with Gasteiger partial charge in [-0.15, -0.1) is 0 Å². The number of methoxy groups -OCH3 is 2. The summed E-state index contributed by atoms with van der Waals surface area (Å²) < 4.78 is 10.4. The van der Waals surface area contributed by atoms with E-state index in [0.29, 0.717) is 0 Å². The molecule has 3 heteroatoms. The summed E-state index contributed by atoms with van der Waals surface area (Å²) >= 11 is 0. The van der Waals surface area contributed by atoms with Crippen LogP contribution in [0.5, 0.6) is 0 Å². The second-order valence-corrected chi connectivity index (χ2v) is 2.96. The van der Waals surface area contributed by atoms with Gasteiger partial charge in [-0.2, -0.15) is 0 Å². The molecule has 3 nitrogen and oxygen atoms in total. The molecule has 0 N–H and O–H groups in total. The maximum absolute atomic E-state index is 11.3. The number of hydrogen-bond acceptors (Lipinski definition) is 3. The number of carbonyl (C=O) groups excluding carboxylic acids is 1. The third kappa shape index (κ3) is 1.71. The number of Topliss-reactive ketones (excluding diaryl/α,β-unsaturated/α-hetero) is 1. The smallest absolute Gasteiger partial charge is 0.201 e. The first-order chi connectivity index (χ1) is 6.16. The predicted octanol–water partition coefficient (Wildman–Crippen LogP) is 1.31. The molecule has 1 aliphatic rings. The summed E-state index contributed by atoms with van der Waals surface area (Å²) in [5.41, 5.74) is 0. The Balaban J connectivity index is 2.98. The molecule has 13 heavy (non-hydrogen) atoms. The van der Waals surface area contributed by atoms with Gasteiger partial charge < -0.3 is 9.47 Å². The van der Waals surface area contributed by atoms with Crippen molar-refractivity contribution in [3.63, 3.8) is 0 Å². The largest absolute Gasteiger partial charge is 0.349 e. The standard InChI is InChI=1S/C10H14O3/c1-8(11)9-6-4-5-7-10(9,12-2)13-3/h4-7,9H,1-3H3. The van der Waals surface area contributed by atoms with Crippen LogP contribution in [0.3, 0.4) is 0 Å². The highest BCUT2D eigenvalue weighted by molar-refractivity contribution is 5.82. The fraction of sp³-hybridized carbons (Fsp3) is 0.500. The fourth-order valence-corrected chi connectivity index (χ4v) is 1.49. The summed E-state index contributed by atoms with van der Waals surface area (Å²) in [6.45, 7) is 1.53. The SMILES string of the molecule is COC1(OC)C=CC=CC1C(C)=O. The minimum atomic E-state index is -0.916. The summed E-state index contributed by atoms with van der Waals surface area (Å²) in [5.74, 6) is -1.24. The first-order valence-corrected chi connectivity index (χ1v) is 4.13. The zero-order chi connectivity index (χ0) is 9.90. The number of hydrogen-bond donors (Lipinski definition) is 0. The summed E-state index contributed by atoms with van der Waals surface area (Å²) in [7, 11) is 3.06. The lowest BCUT2D eigenvalue weighted by Gasteiger charge is -2.34. The van der Waals surface area contributed by atoms with Gasteiger partial charge in [0.2, 0.25) is 5.79 Å². The lowest BCUT2D eigenvalue weighted by molar-refractivity contribution is -0.195. The molecule has 0 aromatic heterocycles. The Kier molecular flexibility index (Phi) is 3.01. The molecule has 1 aliphatic carbocycles. The highest BCUT2D eigenvalue weighted by atomic mass is 16.7. The summed E-state index contributed by atoms with van der Waals surface area (Å²) in [4.78, 5) is 11.3. The van der Waals surface area contributed by atoms with Crippen molar-refractivity contribution in [2.24, 2.45) is 5.92 Å². The van der Waals surface area contributed by atoms with Crippen LogP contribution >= 0.6 is 0 Å². The second kappa shape index (κ2) is 3.85. The van der Waals surface area contributed by atoms with Gasteiger partial charge in [-0.1, -0.05) is 18.2 Å². The number of ether oxygens (including phenoxy) is 2. The van der Waals surface area contributed by atoms with E-state index in [2.05, 4.69) is 0 Å². The summed E-state index contributed by atoms with van der Waals surface area (Å²) in [6, 6.07) is 0. The van der Waals surface area contributed by atoms with Gasteiger partial charge in [-0.3, -0.25) is 4.79 Å². The highest BCUT2D eigenvalue weighted by Crippen LogP contribution is 2.29. The minimum absolute atomic E-state index is 0.0318. The Morgan fingerprint density at radius 1 is 1.31 bits per heavy atom. The topological polar surface area (TPSA) is 35.5 Å². The van der Waals surface area contributed by atoms with Crippen molar-refractivity contribution < 1.29 is 14.3 Å². The Bertz CT molecular complexity index is 249. The Labute approximate surface area is 78.0 Å². The molecule has 0 spiro atoms. The van der Waals surface area contributed by atoms with Gasteiger partial charge in [0.25, 0.3) is 0 Å². The number of carbonyl (C=O) groups is 1. The fourth-order valence-electron chi connectivity index (χ4n) is 1.49. The van der Waals surface area contributed by atoms with Gasteiger partial charge in [0, 0.05) is 14.2 Å². The first-order valence-electron chi connectivity index (χ1n) is 4.13. The predicted molar refractivity (Wildman–Crippen MR) is 49.2 cm³/mol. The van der Waals surface area contributed by atoms with Crippen molar-refractivity contribution in [1.82, 2.24) is 0 Å². The average molecular weight is 182 g/mol. The third-order valence-electron chi connectivity index (χ3n) is 2.25. The number of rotatable bonds is 3. The zero-order valence-corrected chi connectivity index (χ0v) is 8.11. The maximum Gasteiger partial charge on any atom is 0.201 e. The monoisotopic (exact) mass is 182 g/mol. The average Bonchev–Trinajstić information content (AvgIpc) is 2.17. The Morgan fingerprint density at radius 2 is 1.92 bits per heavy atom. The number of allylic oxidation sites excluding steroid dienone is 2. The molecule has 0 bridgehead atoms. The van der Waals surface area contributed by atoms with Crippen LogP contribution in [0.15, 0.2) is 24.3 Å². The Hall–Kier alpha value is -0.930. The van der Waals surface area contributed by atoms with E-state index in [9.17, 15) is 4.79 Å². The lowest BCUT2D eigenvalue weighted by atomic mass is 9.90. The van der Waals surface area contributed by atoms with Crippen molar-refractivity contribution in [3.8, 4) is 0 Å². The molecule has 1 atom stereocenters. The van der Waals surface area contributed by atoms with Crippen LogP contribution in [0.1, 0.15) is 6.92 Å². The van der Waals surface area contributed by atoms with Crippen molar-refractivity contribution in [3.05, 3.63) is 24.3 Å². The quantitative estimate of drug-likeness (QED) is 0.617. The number of ketones is 1. The van der Waals surface area contributed by atoms with Crippen LogP contribution in [0, 0.1) is 5.92 Å². The summed E-state index contributed by atoms with van der Waals surface area (Å²) in [6.07, 6.45) is 7.17. The van der Waals surface area contributed by atoms with E-state index in [4.69, 9.17) is 9.47 Å². The molecule has 0 aromatic rings. The van der Waals surface area contributed by atoms with Crippen molar-refractivity contribution in [1.29, 1.82) is 0 Å². The molecule has 0 amide bonds. The Morgan fingerprint density at radius 3 is 2.31 bits per heavy atom.